The Labute approximate surface area is 173 Å². The molecule has 2 atom stereocenters. The normalized spacial score (nSPS) is 15.4. The molecule has 1 aliphatic rings. The number of rotatable bonds is 6. The number of amides is 1. The van der Waals surface area contributed by atoms with E-state index in [2.05, 4.69) is 42.6 Å². The van der Waals surface area contributed by atoms with Crippen LogP contribution in [0.2, 0.25) is 0 Å². The highest BCUT2D eigenvalue weighted by Crippen LogP contribution is 2.28. The first kappa shape index (κ1) is 19.5. The van der Waals surface area contributed by atoms with Crippen LogP contribution in [-0.4, -0.2) is 12.0 Å². The van der Waals surface area contributed by atoms with Crippen LogP contribution in [0.15, 0.2) is 60.7 Å². The van der Waals surface area contributed by atoms with Crippen molar-refractivity contribution < 1.29 is 9.53 Å². The molecule has 0 aliphatic heterocycles. The predicted octanol–water partition coefficient (Wildman–Crippen LogP) is 5.75. The third-order valence-electron chi connectivity index (χ3n) is 5.92. The molecule has 3 heteroatoms. The van der Waals surface area contributed by atoms with Crippen LogP contribution in [0.1, 0.15) is 55.8 Å². The van der Waals surface area contributed by atoms with Crippen molar-refractivity contribution in [3.63, 3.8) is 0 Å². The Kier molecular flexibility index (Phi) is 5.84. The number of nitrogens with one attached hydrogen (secondary N) is 1. The monoisotopic (exact) mass is 387 g/mol. The van der Waals surface area contributed by atoms with Gasteiger partial charge in [0.1, 0.15) is 5.75 Å². The molecule has 3 aromatic carbocycles. The summed E-state index contributed by atoms with van der Waals surface area (Å²) in [6, 6.07) is 20.7. The van der Waals surface area contributed by atoms with Gasteiger partial charge in [-0.25, -0.2) is 0 Å². The third kappa shape index (κ3) is 4.29. The summed E-state index contributed by atoms with van der Waals surface area (Å²) in [6.45, 7) is 3.93. The summed E-state index contributed by atoms with van der Waals surface area (Å²) >= 11 is 0. The first-order valence-corrected chi connectivity index (χ1v) is 10.7. The number of fused-ring (bicyclic) bond motifs is 2. The zero-order chi connectivity index (χ0) is 20.2. The van der Waals surface area contributed by atoms with Crippen molar-refractivity contribution in [2.75, 3.05) is 0 Å². The van der Waals surface area contributed by atoms with Crippen LogP contribution in [0.5, 0.6) is 5.75 Å². The quantitative estimate of drug-likeness (QED) is 0.584. The van der Waals surface area contributed by atoms with E-state index in [1.807, 2.05) is 37.3 Å². The maximum atomic E-state index is 12.9. The highest BCUT2D eigenvalue weighted by atomic mass is 16.5. The lowest BCUT2D eigenvalue weighted by Crippen LogP contribution is -2.38. The van der Waals surface area contributed by atoms with Crippen LogP contribution in [0.4, 0.5) is 0 Å². The Bertz CT molecular complexity index is 1010. The molecule has 0 saturated heterocycles. The minimum atomic E-state index is -0.563. The average molecular weight is 388 g/mol. The maximum absolute atomic E-state index is 12.9. The summed E-state index contributed by atoms with van der Waals surface area (Å²) in [4.78, 5) is 12.9. The fraction of sp³-hybridized carbons (Fsp3) is 0.346. The number of carbonyl (C=O) groups excluding carboxylic acids is 1. The lowest BCUT2D eigenvalue weighted by Gasteiger charge is -2.23. The van der Waals surface area contributed by atoms with Crippen molar-refractivity contribution >= 4 is 16.7 Å². The van der Waals surface area contributed by atoms with Crippen LogP contribution in [-0.2, 0) is 17.6 Å². The van der Waals surface area contributed by atoms with E-state index in [0.717, 1.165) is 29.4 Å². The van der Waals surface area contributed by atoms with Crippen LogP contribution in [0.25, 0.3) is 10.8 Å². The van der Waals surface area contributed by atoms with Gasteiger partial charge in [0.2, 0.25) is 0 Å². The molecular weight excluding hydrogens is 358 g/mol. The second kappa shape index (κ2) is 8.69. The second-order valence-corrected chi connectivity index (χ2v) is 7.94. The molecule has 29 heavy (non-hydrogen) atoms. The van der Waals surface area contributed by atoms with Gasteiger partial charge < -0.3 is 10.1 Å². The Hall–Kier alpha value is -2.81. The molecule has 0 heterocycles. The van der Waals surface area contributed by atoms with Gasteiger partial charge in [-0.2, -0.15) is 0 Å². The second-order valence-electron chi connectivity index (χ2n) is 7.94. The molecule has 0 bridgehead atoms. The zero-order valence-electron chi connectivity index (χ0n) is 17.3. The lowest BCUT2D eigenvalue weighted by atomic mass is 9.89. The van der Waals surface area contributed by atoms with E-state index in [1.165, 1.54) is 36.0 Å². The first-order chi connectivity index (χ1) is 14.2. The number of benzene rings is 3. The highest BCUT2D eigenvalue weighted by Gasteiger charge is 2.21. The fourth-order valence-corrected chi connectivity index (χ4v) is 4.22. The van der Waals surface area contributed by atoms with E-state index < -0.39 is 6.10 Å². The predicted molar refractivity (Wildman–Crippen MR) is 118 cm³/mol. The van der Waals surface area contributed by atoms with E-state index >= 15 is 0 Å². The van der Waals surface area contributed by atoms with Crippen LogP contribution >= 0.6 is 0 Å². The topological polar surface area (TPSA) is 38.3 Å². The van der Waals surface area contributed by atoms with E-state index in [9.17, 15) is 4.79 Å². The van der Waals surface area contributed by atoms with E-state index in [1.54, 1.807) is 0 Å². The summed E-state index contributed by atoms with van der Waals surface area (Å²) in [6.07, 6.45) is 5.15. The summed E-state index contributed by atoms with van der Waals surface area (Å²) < 4.78 is 6.05. The molecule has 1 amide bonds. The molecule has 3 nitrogen and oxygen atoms in total. The number of ether oxygens (including phenoxy) is 1. The van der Waals surface area contributed by atoms with Gasteiger partial charge in [0.05, 0.1) is 6.04 Å². The van der Waals surface area contributed by atoms with Crippen molar-refractivity contribution in [3.8, 4) is 5.75 Å². The lowest BCUT2D eigenvalue weighted by molar-refractivity contribution is -0.128. The minimum absolute atomic E-state index is 0.00768. The average Bonchev–Trinajstić information content (AvgIpc) is 2.77. The molecule has 150 valence electrons. The van der Waals surface area contributed by atoms with Crippen molar-refractivity contribution in [1.29, 1.82) is 0 Å². The van der Waals surface area contributed by atoms with E-state index in [-0.39, 0.29) is 11.9 Å². The van der Waals surface area contributed by atoms with Gasteiger partial charge in [-0.3, -0.25) is 4.79 Å². The number of hydrogen-bond donors (Lipinski definition) is 1. The Morgan fingerprint density at radius 1 is 1.00 bits per heavy atom. The van der Waals surface area contributed by atoms with Crippen molar-refractivity contribution in [2.24, 2.45) is 0 Å². The van der Waals surface area contributed by atoms with Gasteiger partial charge >= 0.3 is 0 Å². The van der Waals surface area contributed by atoms with Crippen LogP contribution < -0.4 is 10.1 Å². The molecule has 0 radical (unpaired) electrons. The number of carbonyl (C=O) groups is 1. The SMILES string of the molecule is CC[C@@H](NC(=O)[C@@H](C)Oc1cccc2ccccc12)c1ccc2c(c1)CCCC2. The number of aryl methyl sites for hydroxylation is 2. The van der Waals surface area contributed by atoms with Crippen molar-refractivity contribution in [3.05, 3.63) is 77.4 Å². The van der Waals surface area contributed by atoms with Gasteiger partial charge in [0.15, 0.2) is 6.10 Å². The maximum Gasteiger partial charge on any atom is 0.261 e. The number of hydrogen-bond acceptors (Lipinski definition) is 2. The molecule has 1 aliphatic carbocycles. The van der Waals surface area contributed by atoms with E-state index in [4.69, 9.17) is 4.74 Å². The fourth-order valence-electron chi connectivity index (χ4n) is 4.22. The van der Waals surface area contributed by atoms with Crippen LogP contribution in [0.3, 0.4) is 0 Å². The summed E-state index contributed by atoms with van der Waals surface area (Å²) in [5.41, 5.74) is 4.11. The molecular formula is C26H29NO2. The van der Waals surface area contributed by atoms with Gasteiger partial charge in [-0.1, -0.05) is 61.5 Å². The molecule has 0 spiro atoms. The van der Waals surface area contributed by atoms with Crippen LogP contribution in [0, 0.1) is 0 Å². The van der Waals surface area contributed by atoms with Gasteiger partial charge in [-0.15, -0.1) is 0 Å². The Morgan fingerprint density at radius 2 is 1.76 bits per heavy atom. The summed E-state index contributed by atoms with van der Waals surface area (Å²) in [5.74, 6) is 0.662. The smallest absolute Gasteiger partial charge is 0.261 e. The van der Waals surface area contributed by atoms with Gasteiger partial charge in [-0.05, 0) is 67.2 Å². The van der Waals surface area contributed by atoms with Crippen molar-refractivity contribution in [1.82, 2.24) is 5.32 Å². The summed E-state index contributed by atoms with van der Waals surface area (Å²) in [5, 5.41) is 5.33. The molecule has 1 N–H and O–H groups in total. The third-order valence-corrected chi connectivity index (χ3v) is 5.92. The molecule has 0 saturated carbocycles. The molecule has 0 fully saturated rings. The zero-order valence-corrected chi connectivity index (χ0v) is 17.3. The molecule has 0 aromatic heterocycles. The van der Waals surface area contributed by atoms with Gasteiger partial charge in [0, 0.05) is 5.39 Å². The molecule has 4 rings (SSSR count). The Morgan fingerprint density at radius 3 is 2.59 bits per heavy atom. The van der Waals surface area contributed by atoms with Crippen molar-refractivity contribution in [2.45, 2.75) is 58.1 Å². The highest BCUT2D eigenvalue weighted by molar-refractivity contribution is 5.89. The van der Waals surface area contributed by atoms with Gasteiger partial charge in [0.25, 0.3) is 5.91 Å². The largest absolute Gasteiger partial charge is 0.480 e. The molecule has 0 unspecified atom stereocenters. The van der Waals surface area contributed by atoms with E-state index in [0.29, 0.717) is 0 Å². The molecule has 3 aromatic rings. The minimum Gasteiger partial charge on any atom is -0.480 e. The summed E-state index contributed by atoms with van der Waals surface area (Å²) in [7, 11) is 0. The standard InChI is InChI=1S/C26H29NO2/c1-3-24(22-16-15-19-9-4-5-11-21(19)17-22)27-26(28)18(2)29-25-14-8-12-20-10-6-7-13-23(20)25/h6-8,10,12-18,24H,3-5,9,11H2,1-2H3,(H,27,28)/t18-,24-/m1/s1. The Balaban J connectivity index is 1.47. The first-order valence-electron chi connectivity index (χ1n) is 10.7.